The van der Waals surface area contributed by atoms with E-state index >= 15 is 0 Å². The summed E-state index contributed by atoms with van der Waals surface area (Å²) in [7, 11) is 0. The highest BCUT2D eigenvalue weighted by molar-refractivity contribution is 6.37. The van der Waals surface area contributed by atoms with Crippen molar-refractivity contribution in [3.63, 3.8) is 0 Å². The van der Waals surface area contributed by atoms with E-state index in [0.717, 1.165) is 5.56 Å². The number of rotatable bonds is 5. The van der Waals surface area contributed by atoms with Gasteiger partial charge < -0.3 is 4.74 Å². The maximum Gasteiger partial charge on any atom is 0.269 e. The van der Waals surface area contributed by atoms with Crippen LogP contribution >= 0.6 is 23.2 Å². The fourth-order valence-electron chi connectivity index (χ4n) is 1.90. The molecule has 0 aromatic heterocycles. The van der Waals surface area contributed by atoms with Crippen LogP contribution in [0.5, 0.6) is 5.75 Å². The lowest BCUT2D eigenvalue weighted by Crippen LogP contribution is -2.43. The highest BCUT2D eigenvalue weighted by Gasteiger charge is 2.15. The van der Waals surface area contributed by atoms with E-state index in [1.165, 1.54) is 24.3 Å². The summed E-state index contributed by atoms with van der Waals surface area (Å²) in [4.78, 5) is 23.6. The minimum atomic E-state index is -0.562. The van der Waals surface area contributed by atoms with Crippen LogP contribution in [0.4, 0.5) is 4.39 Å². The SMILES string of the molecule is CC(C)C(=O)NNC(=O)c1cc(Cl)c(OCc2ccc(F)cc2)c(Cl)c1. The average Bonchev–Trinajstić information content (AvgIpc) is 2.59. The van der Waals surface area contributed by atoms with Crippen LogP contribution in [0, 0.1) is 11.7 Å². The molecule has 0 unspecified atom stereocenters. The van der Waals surface area contributed by atoms with Crippen LogP contribution in [-0.4, -0.2) is 11.8 Å². The molecule has 0 fully saturated rings. The number of hydrazine groups is 1. The molecule has 0 spiro atoms. The predicted octanol–water partition coefficient (Wildman–Crippen LogP) is 4.13. The summed E-state index contributed by atoms with van der Waals surface area (Å²) in [6, 6.07) is 8.56. The van der Waals surface area contributed by atoms with Gasteiger partial charge in [0.25, 0.3) is 5.91 Å². The van der Waals surface area contributed by atoms with Crippen LogP contribution in [0.25, 0.3) is 0 Å². The Kier molecular flexibility index (Phi) is 6.83. The third-order valence-electron chi connectivity index (χ3n) is 3.38. The molecule has 0 bridgehead atoms. The second-order valence-electron chi connectivity index (χ2n) is 5.78. The molecule has 26 heavy (non-hydrogen) atoms. The van der Waals surface area contributed by atoms with Crippen LogP contribution in [0.1, 0.15) is 29.8 Å². The molecule has 0 atom stereocenters. The summed E-state index contributed by atoms with van der Waals surface area (Å²) in [6.07, 6.45) is 0. The summed E-state index contributed by atoms with van der Waals surface area (Å²) in [5, 5.41) is 0.278. The summed E-state index contributed by atoms with van der Waals surface area (Å²) >= 11 is 12.3. The molecular formula is C18H17Cl2FN2O3. The Bertz CT molecular complexity index is 788. The van der Waals surface area contributed by atoms with Gasteiger partial charge in [-0.25, -0.2) is 4.39 Å². The highest BCUT2D eigenvalue weighted by atomic mass is 35.5. The molecule has 138 valence electrons. The van der Waals surface area contributed by atoms with Gasteiger partial charge in [0.15, 0.2) is 5.75 Å². The Hall–Kier alpha value is -2.31. The number of hydrogen-bond acceptors (Lipinski definition) is 3. The van der Waals surface area contributed by atoms with Crippen LogP contribution in [0.3, 0.4) is 0 Å². The zero-order valence-corrected chi connectivity index (χ0v) is 15.6. The molecule has 2 amide bonds. The van der Waals surface area contributed by atoms with Crippen molar-refractivity contribution in [2.45, 2.75) is 20.5 Å². The molecule has 2 rings (SSSR count). The van der Waals surface area contributed by atoms with Crippen molar-refractivity contribution in [2.75, 3.05) is 0 Å². The Morgan fingerprint density at radius 2 is 1.65 bits per heavy atom. The number of hydrogen-bond donors (Lipinski definition) is 2. The smallest absolute Gasteiger partial charge is 0.269 e. The summed E-state index contributed by atoms with van der Waals surface area (Å²) < 4.78 is 18.5. The first kappa shape index (κ1) is 20.0. The second-order valence-corrected chi connectivity index (χ2v) is 6.60. The van der Waals surface area contributed by atoms with E-state index in [2.05, 4.69) is 10.9 Å². The molecule has 0 saturated carbocycles. The van der Waals surface area contributed by atoms with E-state index in [9.17, 15) is 14.0 Å². The molecule has 0 saturated heterocycles. The minimum absolute atomic E-state index is 0.135. The molecule has 0 radical (unpaired) electrons. The molecule has 0 heterocycles. The van der Waals surface area contributed by atoms with E-state index in [-0.39, 0.29) is 45.6 Å². The van der Waals surface area contributed by atoms with Gasteiger partial charge in [-0.05, 0) is 29.8 Å². The third kappa shape index (κ3) is 5.34. The fourth-order valence-corrected chi connectivity index (χ4v) is 2.50. The number of halogens is 3. The van der Waals surface area contributed by atoms with Crippen LogP contribution < -0.4 is 15.6 Å². The summed E-state index contributed by atoms with van der Waals surface area (Å²) in [6.45, 7) is 3.53. The first-order chi connectivity index (χ1) is 12.3. The molecule has 0 aliphatic rings. The Morgan fingerprint density at radius 1 is 1.08 bits per heavy atom. The molecule has 0 aliphatic carbocycles. The molecule has 2 N–H and O–H groups in total. The van der Waals surface area contributed by atoms with Gasteiger partial charge in [0, 0.05) is 11.5 Å². The van der Waals surface area contributed by atoms with Crippen molar-refractivity contribution in [3.8, 4) is 5.75 Å². The van der Waals surface area contributed by atoms with Gasteiger partial charge in [-0.3, -0.25) is 20.4 Å². The lowest BCUT2D eigenvalue weighted by Gasteiger charge is -2.13. The van der Waals surface area contributed by atoms with Gasteiger partial charge in [-0.2, -0.15) is 0 Å². The zero-order chi connectivity index (χ0) is 19.3. The van der Waals surface area contributed by atoms with Gasteiger partial charge >= 0.3 is 0 Å². The predicted molar refractivity (Wildman–Crippen MR) is 97.6 cm³/mol. The molecule has 0 aliphatic heterocycles. The van der Waals surface area contributed by atoms with E-state index < -0.39 is 5.91 Å². The van der Waals surface area contributed by atoms with Crippen molar-refractivity contribution >= 4 is 35.0 Å². The maximum absolute atomic E-state index is 12.9. The van der Waals surface area contributed by atoms with E-state index in [4.69, 9.17) is 27.9 Å². The van der Waals surface area contributed by atoms with E-state index in [1.807, 2.05) is 0 Å². The van der Waals surface area contributed by atoms with Crippen molar-refractivity contribution < 1.29 is 18.7 Å². The number of nitrogens with one attached hydrogen (secondary N) is 2. The van der Waals surface area contributed by atoms with Gasteiger partial charge in [0.2, 0.25) is 5.91 Å². The first-order valence-corrected chi connectivity index (χ1v) is 8.50. The minimum Gasteiger partial charge on any atom is -0.486 e. The largest absolute Gasteiger partial charge is 0.486 e. The van der Waals surface area contributed by atoms with Gasteiger partial charge in [0.05, 0.1) is 10.0 Å². The first-order valence-electron chi connectivity index (χ1n) is 7.74. The lowest BCUT2D eigenvalue weighted by molar-refractivity contribution is -0.124. The Labute approximate surface area is 160 Å². The van der Waals surface area contributed by atoms with E-state index in [0.29, 0.717) is 0 Å². The standard InChI is InChI=1S/C18H17Cl2FN2O3/c1-10(2)17(24)22-23-18(25)12-7-14(19)16(15(20)8-12)26-9-11-3-5-13(21)6-4-11/h3-8,10H,9H2,1-2H3,(H,22,24)(H,23,25). The van der Waals surface area contributed by atoms with Crippen molar-refractivity contribution in [1.29, 1.82) is 0 Å². The highest BCUT2D eigenvalue weighted by Crippen LogP contribution is 2.34. The van der Waals surface area contributed by atoms with Crippen molar-refractivity contribution in [2.24, 2.45) is 5.92 Å². The number of ether oxygens (including phenoxy) is 1. The monoisotopic (exact) mass is 398 g/mol. The van der Waals surface area contributed by atoms with Gasteiger partial charge in [0.1, 0.15) is 12.4 Å². The van der Waals surface area contributed by atoms with Gasteiger partial charge in [-0.15, -0.1) is 0 Å². The van der Waals surface area contributed by atoms with E-state index in [1.54, 1.807) is 26.0 Å². The molecule has 2 aromatic carbocycles. The Morgan fingerprint density at radius 3 is 2.19 bits per heavy atom. The summed E-state index contributed by atoms with van der Waals surface area (Å²) in [5.74, 6) is -1.29. The van der Waals surface area contributed by atoms with Gasteiger partial charge in [-0.1, -0.05) is 49.2 Å². The molecule has 5 nitrogen and oxygen atoms in total. The molecule has 2 aromatic rings. The lowest BCUT2D eigenvalue weighted by atomic mass is 10.2. The van der Waals surface area contributed by atoms with Crippen molar-refractivity contribution in [1.82, 2.24) is 10.9 Å². The topological polar surface area (TPSA) is 67.4 Å². The molecular weight excluding hydrogens is 382 g/mol. The molecule has 8 heteroatoms. The Balaban J connectivity index is 2.05. The maximum atomic E-state index is 12.9. The van der Waals surface area contributed by atoms with Crippen LogP contribution in [-0.2, 0) is 11.4 Å². The number of amides is 2. The van der Waals surface area contributed by atoms with Crippen molar-refractivity contribution in [3.05, 3.63) is 63.4 Å². The normalized spacial score (nSPS) is 10.5. The number of carbonyl (C=O) groups excluding carboxylic acids is 2. The fraction of sp³-hybridized carbons (Fsp3) is 0.222. The average molecular weight is 399 g/mol. The van der Waals surface area contributed by atoms with Crippen LogP contribution in [0.2, 0.25) is 10.0 Å². The second kappa shape index (κ2) is 8.87. The summed E-state index contributed by atoms with van der Waals surface area (Å²) in [5.41, 5.74) is 5.48. The zero-order valence-electron chi connectivity index (χ0n) is 14.1. The number of benzene rings is 2. The number of carbonyl (C=O) groups is 2. The van der Waals surface area contributed by atoms with Crippen LogP contribution in [0.15, 0.2) is 36.4 Å². The quantitative estimate of drug-likeness (QED) is 0.744. The third-order valence-corrected chi connectivity index (χ3v) is 3.94.